The van der Waals surface area contributed by atoms with Gasteiger partial charge in [0.05, 0.1) is 22.2 Å². The van der Waals surface area contributed by atoms with Crippen molar-refractivity contribution in [3.05, 3.63) is 46.1 Å². The number of aromatic nitrogens is 3. The Labute approximate surface area is 207 Å². The molecule has 3 atom stereocenters. The SMILES string of the molecule is C[C@H]1CN(c2nc(Nc3ccc4c(c3)n(CCC(C)(C)O)c(=O)n4C)c(F)cc2C#N)C[C@@H](O)[C@H]1F. The Hall–Kier alpha value is -3.49. The van der Waals surface area contributed by atoms with Gasteiger partial charge >= 0.3 is 5.69 Å². The van der Waals surface area contributed by atoms with Gasteiger partial charge in [0.2, 0.25) is 0 Å². The maximum Gasteiger partial charge on any atom is 0.328 e. The predicted molar refractivity (Wildman–Crippen MR) is 133 cm³/mol. The zero-order valence-corrected chi connectivity index (χ0v) is 20.7. The van der Waals surface area contributed by atoms with Crippen molar-refractivity contribution in [1.82, 2.24) is 14.1 Å². The summed E-state index contributed by atoms with van der Waals surface area (Å²) in [5, 5.41) is 32.6. The third-order valence-electron chi connectivity index (χ3n) is 6.56. The Morgan fingerprint density at radius 3 is 2.64 bits per heavy atom. The van der Waals surface area contributed by atoms with E-state index in [4.69, 9.17) is 0 Å². The van der Waals surface area contributed by atoms with Crippen LogP contribution in [0.5, 0.6) is 0 Å². The number of fused-ring (bicyclic) bond motifs is 1. The van der Waals surface area contributed by atoms with Crippen molar-refractivity contribution in [2.24, 2.45) is 13.0 Å². The van der Waals surface area contributed by atoms with Crippen molar-refractivity contribution in [2.75, 3.05) is 23.3 Å². The molecule has 0 bridgehead atoms. The summed E-state index contributed by atoms with van der Waals surface area (Å²) in [5.41, 5.74) is 0.530. The normalized spacial score (nSPS) is 20.5. The smallest absolute Gasteiger partial charge is 0.328 e. The number of anilines is 3. The molecule has 0 spiro atoms. The number of hydrogen-bond donors (Lipinski definition) is 3. The van der Waals surface area contributed by atoms with Crippen LogP contribution >= 0.6 is 0 Å². The number of β-amino-alcohol motifs (C(OH)–C–C–N with tert-alkyl or cyclic N) is 1. The minimum Gasteiger partial charge on any atom is -0.390 e. The van der Waals surface area contributed by atoms with Gasteiger partial charge in [-0.25, -0.2) is 18.6 Å². The Kier molecular flexibility index (Phi) is 6.77. The van der Waals surface area contributed by atoms with Gasteiger partial charge in [0.25, 0.3) is 0 Å². The van der Waals surface area contributed by atoms with E-state index in [9.17, 15) is 29.1 Å². The van der Waals surface area contributed by atoms with Gasteiger partial charge in [-0.15, -0.1) is 0 Å². The molecule has 3 N–H and O–H groups in total. The number of rotatable bonds is 6. The van der Waals surface area contributed by atoms with E-state index in [1.165, 1.54) is 4.57 Å². The highest BCUT2D eigenvalue weighted by molar-refractivity contribution is 5.81. The van der Waals surface area contributed by atoms with E-state index < -0.39 is 29.6 Å². The molecule has 1 aromatic carbocycles. The summed E-state index contributed by atoms with van der Waals surface area (Å²) >= 11 is 0. The number of benzene rings is 1. The molecular weight excluding hydrogens is 470 g/mol. The molecule has 0 aliphatic carbocycles. The summed E-state index contributed by atoms with van der Waals surface area (Å²) in [6.07, 6.45) is -2.28. The maximum atomic E-state index is 14.9. The second kappa shape index (κ2) is 9.52. The number of aliphatic hydroxyl groups excluding tert-OH is 1. The zero-order valence-electron chi connectivity index (χ0n) is 20.7. The number of piperidine rings is 1. The third kappa shape index (κ3) is 4.92. The molecule has 0 saturated carbocycles. The first-order chi connectivity index (χ1) is 16.9. The Morgan fingerprint density at radius 2 is 2.00 bits per heavy atom. The van der Waals surface area contributed by atoms with Crippen molar-refractivity contribution in [1.29, 1.82) is 5.26 Å². The lowest BCUT2D eigenvalue weighted by Gasteiger charge is -2.37. The first kappa shape index (κ1) is 25.6. The van der Waals surface area contributed by atoms with Crippen LogP contribution < -0.4 is 15.9 Å². The second-order valence-corrected chi connectivity index (χ2v) is 10.1. The molecule has 0 radical (unpaired) electrons. The number of alkyl halides is 1. The first-order valence-corrected chi connectivity index (χ1v) is 11.8. The fourth-order valence-electron chi connectivity index (χ4n) is 4.52. The minimum atomic E-state index is -1.39. The van der Waals surface area contributed by atoms with Crippen LogP contribution in [-0.2, 0) is 13.6 Å². The molecule has 2 aromatic heterocycles. The van der Waals surface area contributed by atoms with Crippen LogP contribution in [0.25, 0.3) is 11.0 Å². The van der Waals surface area contributed by atoms with Gasteiger partial charge in [-0.3, -0.25) is 9.13 Å². The van der Waals surface area contributed by atoms with E-state index in [1.807, 2.05) is 6.07 Å². The molecule has 0 unspecified atom stereocenters. The number of aryl methyl sites for hydroxylation is 2. The molecule has 11 heteroatoms. The molecule has 1 saturated heterocycles. The highest BCUT2D eigenvalue weighted by Crippen LogP contribution is 2.30. The predicted octanol–water partition coefficient (Wildman–Crippen LogP) is 2.81. The van der Waals surface area contributed by atoms with Crippen LogP contribution in [0, 0.1) is 23.1 Å². The van der Waals surface area contributed by atoms with Gasteiger partial charge < -0.3 is 20.4 Å². The maximum absolute atomic E-state index is 14.9. The third-order valence-corrected chi connectivity index (χ3v) is 6.56. The van der Waals surface area contributed by atoms with Crippen molar-refractivity contribution in [3.63, 3.8) is 0 Å². The van der Waals surface area contributed by atoms with Gasteiger partial charge in [-0.1, -0.05) is 6.92 Å². The van der Waals surface area contributed by atoms with E-state index in [2.05, 4.69) is 10.3 Å². The molecule has 3 heterocycles. The van der Waals surface area contributed by atoms with Crippen LogP contribution in [0.2, 0.25) is 0 Å². The highest BCUT2D eigenvalue weighted by Gasteiger charge is 2.35. The first-order valence-electron chi connectivity index (χ1n) is 11.8. The van der Waals surface area contributed by atoms with Gasteiger partial charge in [-0.2, -0.15) is 5.26 Å². The summed E-state index contributed by atoms with van der Waals surface area (Å²) in [5.74, 6) is -1.24. The van der Waals surface area contributed by atoms with Crippen LogP contribution in [0.4, 0.5) is 26.1 Å². The summed E-state index contributed by atoms with van der Waals surface area (Å²) in [7, 11) is 1.66. The number of nitriles is 1. The van der Waals surface area contributed by atoms with E-state index in [1.54, 1.807) is 55.5 Å². The number of imidazole rings is 1. The average molecular weight is 501 g/mol. The van der Waals surface area contributed by atoms with Gasteiger partial charge in [0.1, 0.15) is 24.2 Å². The van der Waals surface area contributed by atoms with Gasteiger partial charge in [0, 0.05) is 38.3 Å². The van der Waals surface area contributed by atoms with Crippen molar-refractivity contribution >= 4 is 28.4 Å². The lowest BCUT2D eigenvalue weighted by molar-refractivity contribution is 0.0348. The topological polar surface area (TPSA) is 119 Å². The molecule has 3 aromatic rings. The van der Waals surface area contributed by atoms with Crippen molar-refractivity contribution in [3.8, 4) is 6.07 Å². The van der Waals surface area contributed by atoms with E-state index in [0.29, 0.717) is 29.7 Å². The van der Waals surface area contributed by atoms with Crippen molar-refractivity contribution < 1.29 is 19.0 Å². The summed E-state index contributed by atoms with van der Waals surface area (Å²) < 4.78 is 32.1. The van der Waals surface area contributed by atoms with Crippen LogP contribution in [0.15, 0.2) is 29.1 Å². The minimum absolute atomic E-state index is 0.0197. The van der Waals surface area contributed by atoms with E-state index in [-0.39, 0.29) is 36.0 Å². The Bertz CT molecular complexity index is 1380. The van der Waals surface area contributed by atoms with E-state index >= 15 is 0 Å². The molecular formula is C25H30F2N6O3. The fourth-order valence-corrected chi connectivity index (χ4v) is 4.52. The number of halogens is 2. The molecule has 1 aliphatic rings. The fraction of sp³-hybridized carbons (Fsp3) is 0.480. The lowest BCUT2D eigenvalue weighted by Crippen LogP contribution is -2.50. The van der Waals surface area contributed by atoms with Crippen LogP contribution in [-0.4, -0.2) is 55.3 Å². The number of hydrogen-bond acceptors (Lipinski definition) is 7. The van der Waals surface area contributed by atoms with Gasteiger partial charge in [-0.05, 0) is 44.5 Å². The number of nitrogens with one attached hydrogen (secondary N) is 1. The zero-order chi connectivity index (χ0) is 26.4. The number of aliphatic hydroxyl groups is 2. The Morgan fingerprint density at radius 1 is 1.28 bits per heavy atom. The summed E-state index contributed by atoms with van der Waals surface area (Å²) in [6, 6.07) is 8.09. The lowest BCUT2D eigenvalue weighted by atomic mass is 9.95. The largest absolute Gasteiger partial charge is 0.390 e. The summed E-state index contributed by atoms with van der Waals surface area (Å²) in [6.45, 7) is 5.44. The molecule has 0 amide bonds. The van der Waals surface area contributed by atoms with Crippen molar-refractivity contribution in [2.45, 2.75) is 51.6 Å². The summed E-state index contributed by atoms with van der Waals surface area (Å²) in [4.78, 5) is 18.7. The molecule has 1 fully saturated rings. The second-order valence-electron chi connectivity index (χ2n) is 10.1. The van der Waals surface area contributed by atoms with Crippen LogP contribution in [0.1, 0.15) is 32.8 Å². The standard InChI is InChI=1S/C25H30F2N6O3/c1-14-12-32(13-20(34)21(14)27)23-15(11-28)9-17(26)22(30-23)29-16-5-6-18-19(10-16)33(24(35)31(18)4)8-7-25(2,3)36/h5-6,9-10,14,20-21,34,36H,7-8,12-13H2,1-4H3,(H,29,30)/t14-,20+,21-/m0/s1. The molecule has 9 nitrogen and oxygen atoms in total. The van der Waals surface area contributed by atoms with Crippen LogP contribution in [0.3, 0.4) is 0 Å². The molecule has 1 aliphatic heterocycles. The molecule has 4 rings (SSSR count). The Balaban J connectivity index is 1.70. The number of nitrogens with zero attached hydrogens (tertiary/aromatic N) is 5. The van der Waals surface area contributed by atoms with E-state index in [0.717, 1.165) is 6.07 Å². The number of pyridine rings is 1. The quantitative estimate of drug-likeness (QED) is 0.476. The molecule has 192 valence electrons. The monoisotopic (exact) mass is 500 g/mol. The average Bonchev–Trinajstić information content (AvgIpc) is 3.05. The van der Waals surface area contributed by atoms with Gasteiger partial charge in [0.15, 0.2) is 11.6 Å². The molecule has 36 heavy (non-hydrogen) atoms. The highest BCUT2D eigenvalue weighted by atomic mass is 19.1.